The number of benzene rings is 3. The second-order valence-corrected chi connectivity index (χ2v) is 12.2. The minimum absolute atomic E-state index is 0.0463. The van der Waals surface area contributed by atoms with Crippen LogP contribution < -0.4 is 16.0 Å². The number of carbonyl (C=O) groups excluding carboxylic acids is 3. The number of carbonyl (C=O) groups is 3. The van der Waals surface area contributed by atoms with Gasteiger partial charge in [0.05, 0.1) is 0 Å². The average molecular weight is 577 g/mol. The van der Waals surface area contributed by atoms with E-state index in [1.54, 1.807) is 4.90 Å². The van der Waals surface area contributed by atoms with E-state index in [-0.39, 0.29) is 17.7 Å². The Balaban J connectivity index is 1.39. The summed E-state index contributed by atoms with van der Waals surface area (Å²) in [5, 5.41) is 12.3. The van der Waals surface area contributed by atoms with E-state index in [9.17, 15) is 14.4 Å². The Morgan fingerprint density at radius 1 is 0.976 bits per heavy atom. The van der Waals surface area contributed by atoms with E-state index in [0.717, 1.165) is 39.8 Å². The first-order valence-electron chi connectivity index (χ1n) is 14.4. The van der Waals surface area contributed by atoms with Crippen molar-refractivity contribution in [3.8, 4) is 0 Å². The third kappa shape index (κ3) is 8.30. The topological polar surface area (TPSA) is 90.5 Å². The fourth-order valence-corrected chi connectivity index (χ4v) is 5.41. The molecule has 1 aliphatic rings. The van der Waals surface area contributed by atoms with Gasteiger partial charge in [-0.1, -0.05) is 93.0 Å². The van der Waals surface area contributed by atoms with Crippen molar-refractivity contribution in [2.24, 2.45) is 5.41 Å². The van der Waals surface area contributed by atoms with Gasteiger partial charge in [0, 0.05) is 36.5 Å². The average Bonchev–Trinajstić information content (AvgIpc) is 3.44. The van der Waals surface area contributed by atoms with Gasteiger partial charge in [-0.25, -0.2) is 0 Å². The summed E-state index contributed by atoms with van der Waals surface area (Å²) in [6.07, 6.45) is 2.44. The maximum atomic E-state index is 13.5. The molecule has 7 nitrogen and oxygen atoms in total. The predicted octanol–water partition coefficient (Wildman–Crippen LogP) is 4.85. The molecule has 218 valence electrons. The molecule has 0 bridgehead atoms. The summed E-state index contributed by atoms with van der Waals surface area (Å²) in [6, 6.07) is 20.5. The van der Waals surface area contributed by atoms with Crippen LogP contribution in [0.25, 0.3) is 10.8 Å². The Kier molecular flexibility index (Phi) is 10.4. The molecule has 0 aromatic heterocycles. The Bertz CT molecular complexity index is 1370. The minimum atomic E-state index is -0.757. The van der Waals surface area contributed by atoms with Gasteiger partial charge >= 0.3 is 0 Å². The number of fused-ring (bicyclic) bond motifs is 1. The van der Waals surface area contributed by atoms with Crippen LogP contribution in [0.15, 0.2) is 66.7 Å². The third-order valence-corrected chi connectivity index (χ3v) is 7.82. The molecule has 8 heteroatoms. The zero-order chi connectivity index (χ0) is 29.4. The lowest BCUT2D eigenvalue weighted by atomic mass is 9.94. The van der Waals surface area contributed by atoms with Gasteiger partial charge in [0.15, 0.2) is 0 Å². The van der Waals surface area contributed by atoms with E-state index >= 15 is 0 Å². The molecule has 1 aliphatic heterocycles. The van der Waals surface area contributed by atoms with Crippen LogP contribution in [0.3, 0.4) is 0 Å². The van der Waals surface area contributed by atoms with Gasteiger partial charge in [0.1, 0.15) is 12.1 Å². The zero-order valence-corrected chi connectivity index (χ0v) is 25.0. The van der Waals surface area contributed by atoms with Gasteiger partial charge in [-0.3, -0.25) is 14.4 Å². The monoisotopic (exact) mass is 576 g/mol. The molecule has 0 aliphatic carbocycles. The summed E-state index contributed by atoms with van der Waals surface area (Å²) in [4.78, 5) is 41.5. The number of hydrogen-bond donors (Lipinski definition) is 3. The van der Waals surface area contributed by atoms with E-state index in [1.165, 1.54) is 0 Å². The summed E-state index contributed by atoms with van der Waals surface area (Å²) in [5.41, 5.74) is 1.41. The van der Waals surface area contributed by atoms with Crippen LogP contribution in [0.5, 0.6) is 0 Å². The lowest BCUT2D eigenvalue weighted by molar-refractivity contribution is -0.145. The largest absolute Gasteiger partial charge is 0.354 e. The highest BCUT2D eigenvalue weighted by Gasteiger charge is 2.39. The van der Waals surface area contributed by atoms with Crippen molar-refractivity contribution < 1.29 is 14.4 Å². The van der Waals surface area contributed by atoms with Gasteiger partial charge in [-0.15, -0.1) is 0 Å². The number of amides is 3. The predicted molar refractivity (Wildman–Crippen MR) is 165 cm³/mol. The highest BCUT2D eigenvalue weighted by atomic mass is 35.5. The van der Waals surface area contributed by atoms with Crippen molar-refractivity contribution in [3.63, 3.8) is 0 Å². The fourth-order valence-electron chi connectivity index (χ4n) is 5.20. The quantitative estimate of drug-likeness (QED) is 0.285. The van der Waals surface area contributed by atoms with Crippen molar-refractivity contribution >= 4 is 40.1 Å². The highest BCUT2D eigenvalue weighted by molar-refractivity contribution is 6.31. The standard InChI is InChI=1S/C33H41ClN4O3/c1-33(2,3)32(41)38-19-8-14-29(38)31(40)37-28(21-23-15-16-24-10-4-5-11-25(24)20-23)30(39)36-18-9-17-35-22-26-12-6-7-13-27(26)34/h4-7,10-13,15-16,20,28-29,35H,8-9,14,17-19,21-22H2,1-3H3,(H,36,39)(H,37,40). The van der Waals surface area contributed by atoms with Crippen LogP contribution in [-0.2, 0) is 27.3 Å². The summed E-state index contributed by atoms with van der Waals surface area (Å²) in [6.45, 7) is 7.97. The molecule has 0 saturated carbocycles. The van der Waals surface area contributed by atoms with Gasteiger partial charge in [-0.2, -0.15) is 0 Å². The van der Waals surface area contributed by atoms with Crippen LogP contribution in [0, 0.1) is 5.41 Å². The molecule has 2 unspecified atom stereocenters. The van der Waals surface area contributed by atoms with Crippen molar-refractivity contribution in [2.45, 2.75) is 65.1 Å². The normalized spacial score (nSPS) is 16.0. The molecule has 3 aromatic carbocycles. The molecule has 1 heterocycles. The smallest absolute Gasteiger partial charge is 0.243 e. The Morgan fingerprint density at radius 2 is 1.71 bits per heavy atom. The maximum absolute atomic E-state index is 13.5. The second kappa shape index (κ2) is 14.0. The van der Waals surface area contributed by atoms with Crippen molar-refractivity contribution in [3.05, 3.63) is 82.9 Å². The summed E-state index contributed by atoms with van der Waals surface area (Å²) in [5.74, 6) is -0.554. The number of likely N-dealkylation sites (tertiary alicyclic amines) is 1. The SMILES string of the molecule is CC(C)(C)C(=O)N1CCCC1C(=O)NC(Cc1ccc2ccccc2c1)C(=O)NCCCNCc1ccccc1Cl. The number of halogens is 1. The van der Waals surface area contributed by atoms with E-state index in [1.807, 2.05) is 81.4 Å². The van der Waals surface area contributed by atoms with E-state index in [4.69, 9.17) is 11.6 Å². The number of hydrogen-bond acceptors (Lipinski definition) is 4. The Labute approximate surface area is 248 Å². The molecule has 0 spiro atoms. The van der Waals surface area contributed by atoms with Gasteiger partial charge < -0.3 is 20.9 Å². The maximum Gasteiger partial charge on any atom is 0.243 e. The van der Waals surface area contributed by atoms with Gasteiger partial charge in [0.25, 0.3) is 0 Å². The molecule has 3 amide bonds. The molecule has 3 N–H and O–H groups in total. The lowest BCUT2D eigenvalue weighted by Gasteiger charge is -2.31. The zero-order valence-electron chi connectivity index (χ0n) is 24.2. The van der Waals surface area contributed by atoms with Crippen LogP contribution in [0.1, 0.15) is 51.2 Å². The minimum Gasteiger partial charge on any atom is -0.354 e. The molecular formula is C33H41ClN4O3. The van der Waals surface area contributed by atoms with Crippen molar-refractivity contribution in [1.29, 1.82) is 0 Å². The number of nitrogens with zero attached hydrogens (tertiary/aromatic N) is 1. The third-order valence-electron chi connectivity index (χ3n) is 7.45. The summed E-state index contributed by atoms with van der Waals surface area (Å²) >= 11 is 6.22. The first kappa shape index (κ1) is 30.5. The fraction of sp³-hybridized carbons (Fsp3) is 0.424. The molecule has 0 radical (unpaired) electrons. The van der Waals surface area contributed by atoms with E-state index in [0.29, 0.717) is 39.0 Å². The highest BCUT2D eigenvalue weighted by Crippen LogP contribution is 2.26. The number of rotatable bonds is 11. The van der Waals surface area contributed by atoms with Crippen molar-refractivity contribution in [2.75, 3.05) is 19.6 Å². The molecule has 1 saturated heterocycles. The summed E-state index contributed by atoms with van der Waals surface area (Å²) < 4.78 is 0. The number of nitrogens with one attached hydrogen (secondary N) is 3. The molecule has 4 rings (SSSR count). The molecule has 2 atom stereocenters. The second-order valence-electron chi connectivity index (χ2n) is 11.8. The lowest BCUT2D eigenvalue weighted by Crippen LogP contribution is -2.55. The molecular weight excluding hydrogens is 536 g/mol. The van der Waals surface area contributed by atoms with E-state index in [2.05, 4.69) is 22.0 Å². The summed E-state index contributed by atoms with van der Waals surface area (Å²) in [7, 11) is 0. The molecule has 1 fully saturated rings. The van der Waals surface area contributed by atoms with Crippen LogP contribution >= 0.6 is 11.6 Å². The molecule has 41 heavy (non-hydrogen) atoms. The van der Waals surface area contributed by atoms with E-state index < -0.39 is 17.5 Å². The van der Waals surface area contributed by atoms with Gasteiger partial charge in [-0.05, 0) is 53.8 Å². The van der Waals surface area contributed by atoms with Crippen LogP contribution in [-0.4, -0.2) is 54.3 Å². The van der Waals surface area contributed by atoms with Crippen molar-refractivity contribution in [1.82, 2.24) is 20.9 Å². The first-order chi connectivity index (χ1) is 19.6. The van der Waals surface area contributed by atoms with Crippen LogP contribution in [0.2, 0.25) is 5.02 Å². The van der Waals surface area contributed by atoms with Crippen LogP contribution in [0.4, 0.5) is 0 Å². The van der Waals surface area contributed by atoms with Gasteiger partial charge in [0.2, 0.25) is 17.7 Å². The molecule has 3 aromatic rings. The first-order valence-corrected chi connectivity index (χ1v) is 14.8. The Morgan fingerprint density at radius 3 is 2.46 bits per heavy atom. The Hall–Kier alpha value is -3.42.